The molecule has 0 aromatic carbocycles. The number of nitrogens with zero attached hydrogens (tertiary/aromatic N) is 3. The van der Waals surface area contributed by atoms with Gasteiger partial charge in [-0.05, 0) is 0 Å². The van der Waals surface area contributed by atoms with Gasteiger partial charge in [0, 0.05) is 0 Å². The molecule has 0 saturated heterocycles. The minimum absolute atomic E-state index is 0.102. The van der Waals surface area contributed by atoms with Crippen LogP contribution in [0.3, 0.4) is 0 Å². The van der Waals surface area contributed by atoms with Crippen LogP contribution in [0.5, 0.6) is 0 Å². The maximum absolute atomic E-state index is 11.6. The molecule has 0 radical (unpaired) electrons. The predicted octanol–water partition coefficient (Wildman–Crippen LogP) is 1.73. The van der Waals surface area contributed by atoms with Gasteiger partial charge in [0.1, 0.15) is 0 Å². The Morgan fingerprint density at radius 3 is 1.55 bits per heavy atom. The molecule has 0 unspecified atom stereocenters. The zero-order chi connectivity index (χ0) is 15.7. The summed E-state index contributed by atoms with van der Waals surface area (Å²) >= 11 is 0. The van der Waals surface area contributed by atoms with Crippen molar-refractivity contribution in [1.82, 2.24) is 0 Å². The second-order valence-corrected chi connectivity index (χ2v) is 12.2. The molecule has 0 rings (SSSR count). The van der Waals surface area contributed by atoms with Crippen molar-refractivity contribution in [3.05, 3.63) is 0 Å². The normalized spacial score (nSPS) is 13.4. The van der Waals surface area contributed by atoms with Gasteiger partial charge in [-0.25, -0.2) is 0 Å². The van der Waals surface area contributed by atoms with E-state index in [1.807, 2.05) is 18.2 Å². The van der Waals surface area contributed by atoms with Crippen LogP contribution in [0.1, 0.15) is 19.3 Å². The molecule has 0 heterocycles. The molecule has 0 spiro atoms. The molecule has 0 amide bonds. The van der Waals surface area contributed by atoms with Gasteiger partial charge in [-0.2, -0.15) is 0 Å². The van der Waals surface area contributed by atoms with Crippen molar-refractivity contribution in [1.29, 1.82) is 15.8 Å². The molecule has 0 aromatic rings. The summed E-state index contributed by atoms with van der Waals surface area (Å²) in [4.78, 5) is 0. The molecule has 0 aliphatic rings. The Labute approximate surface area is 120 Å². The third-order valence-electron chi connectivity index (χ3n) is 3.09. The molecule has 0 atom stereocenters. The van der Waals surface area contributed by atoms with E-state index in [1.165, 1.54) is 0 Å². The summed E-state index contributed by atoms with van der Waals surface area (Å²) in [6.45, 7) is -1.74. The van der Waals surface area contributed by atoms with Crippen molar-refractivity contribution in [2.24, 2.45) is 0 Å². The first-order chi connectivity index (χ1) is 9.25. The number of rotatable bonds is 9. The van der Waals surface area contributed by atoms with Crippen LogP contribution in [0.4, 0.5) is 0 Å². The molecule has 0 bridgehead atoms. The Morgan fingerprint density at radius 1 is 0.950 bits per heavy atom. The summed E-state index contributed by atoms with van der Waals surface area (Å²) in [6.07, 6.45) is 0.954. The molecule has 0 saturated carbocycles. The van der Waals surface area contributed by atoms with Crippen molar-refractivity contribution in [2.45, 2.75) is 19.3 Å². The quantitative estimate of drug-likeness (QED) is 0.592. The summed E-state index contributed by atoms with van der Waals surface area (Å²) in [6, 6.07) is 5.87. The fourth-order valence-corrected chi connectivity index (χ4v) is 8.14. The van der Waals surface area contributed by atoms with Gasteiger partial charge < -0.3 is 0 Å². The van der Waals surface area contributed by atoms with Crippen molar-refractivity contribution < 1.29 is 16.6 Å². The van der Waals surface area contributed by atoms with E-state index in [9.17, 15) is 8.42 Å². The summed E-state index contributed by atoms with van der Waals surface area (Å²) in [5, 5.41) is 26.3. The number of hydrogen-bond donors (Lipinski definition) is 0. The van der Waals surface area contributed by atoms with Crippen LogP contribution in [-0.4, -0.2) is 40.7 Å². The Kier molecular flexibility index (Phi) is 7.06. The van der Waals surface area contributed by atoms with Crippen molar-refractivity contribution >= 4 is 17.2 Å². The van der Waals surface area contributed by atoms with E-state index in [2.05, 4.69) is 4.18 Å². The van der Waals surface area contributed by atoms with Gasteiger partial charge in [0.25, 0.3) is 0 Å². The molecule has 0 N–H and O–H groups in total. The molecule has 20 heavy (non-hydrogen) atoms. The zero-order valence-corrected chi connectivity index (χ0v) is 13.3. The number of hydrogen-bond acceptors (Lipinski definition) is 7. The van der Waals surface area contributed by atoms with E-state index in [4.69, 9.17) is 19.8 Å². The molecule has 0 fully saturated rings. The van der Waals surface area contributed by atoms with E-state index in [1.54, 1.807) is 6.66 Å². The van der Waals surface area contributed by atoms with Gasteiger partial charge in [0.2, 0.25) is 0 Å². The Balaban J connectivity index is 5.60. The van der Waals surface area contributed by atoms with Gasteiger partial charge in [0.15, 0.2) is 0 Å². The van der Waals surface area contributed by atoms with Crippen LogP contribution < -0.4 is 0 Å². The molecule has 7 nitrogen and oxygen atoms in total. The first-order valence-electron chi connectivity index (χ1n) is 5.88. The number of nitriles is 3. The first kappa shape index (κ1) is 18.8. The van der Waals surface area contributed by atoms with Crippen LogP contribution in [0.2, 0.25) is 0 Å². The van der Waals surface area contributed by atoms with Crippen LogP contribution in [0.15, 0.2) is 0 Å². The SMILES string of the molecule is COS(=O)(=O)OP(C)(CCC#N)(CCC#N)CCC#N. The third kappa shape index (κ3) is 5.82. The third-order valence-corrected chi connectivity index (χ3v) is 10.5. The summed E-state index contributed by atoms with van der Waals surface area (Å²) in [5.41, 5.74) is 0. The monoisotopic (exact) mass is 319 g/mol. The van der Waals surface area contributed by atoms with Gasteiger partial charge in [-0.1, -0.05) is 0 Å². The van der Waals surface area contributed by atoms with E-state index in [-0.39, 0.29) is 37.7 Å². The molecular weight excluding hydrogens is 301 g/mol. The Bertz CT molecular complexity index is 507. The Hall–Kier alpha value is -1.23. The van der Waals surface area contributed by atoms with Gasteiger partial charge in [-0.3, -0.25) is 0 Å². The van der Waals surface area contributed by atoms with Crippen LogP contribution in [-0.2, 0) is 18.6 Å². The predicted molar refractivity (Wildman–Crippen MR) is 75.1 cm³/mol. The van der Waals surface area contributed by atoms with Crippen molar-refractivity contribution in [2.75, 3.05) is 32.3 Å². The second-order valence-electron chi connectivity index (χ2n) is 4.73. The summed E-state index contributed by atoms with van der Waals surface area (Å²) in [7, 11) is -3.22. The van der Waals surface area contributed by atoms with Gasteiger partial charge >= 0.3 is 119 Å². The van der Waals surface area contributed by atoms with Crippen LogP contribution in [0.25, 0.3) is 0 Å². The topological polar surface area (TPSA) is 124 Å². The van der Waals surface area contributed by atoms with E-state index >= 15 is 0 Å². The van der Waals surface area contributed by atoms with Gasteiger partial charge in [0.05, 0.1) is 0 Å². The van der Waals surface area contributed by atoms with E-state index in [0.29, 0.717) is 0 Å². The average Bonchev–Trinajstić information content (AvgIpc) is 2.41. The molecule has 0 aliphatic carbocycles. The van der Waals surface area contributed by atoms with Crippen molar-refractivity contribution in [3.8, 4) is 18.2 Å². The van der Waals surface area contributed by atoms with Crippen LogP contribution >= 0.6 is 6.83 Å². The van der Waals surface area contributed by atoms with Crippen LogP contribution in [0, 0.1) is 34.0 Å². The zero-order valence-electron chi connectivity index (χ0n) is 11.6. The fourth-order valence-electron chi connectivity index (χ4n) is 1.86. The van der Waals surface area contributed by atoms with E-state index in [0.717, 1.165) is 7.11 Å². The summed E-state index contributed by atoms with van der Waals surface area (Å²) in [5.74, 6) is 0. The standard InChI is InChI=1S/C11H18N3O4PS/c1-17-20(15,16)18-19(2,9-3-6-12,10-4-7-13)11-5-8-14/h3-5,9-11H2,1-2H3. The summed E-state index contributed by atoms with van der Waals surface area (Å²) < 4.78 is 32.9. The van der Waals surface area contributed by atoms with Crippen molar-refractivity contribution in [3.63, 3.8) is 0 Å². The molecule has 9 heteroatoms. The fraction of sp³-hybridized carbons (Fsp3) is 0.727. The molecule has 0 aliphatic heterocycles. The molecule has 112 valence electrons. The second kappa shape index (κ2) is 7.53. The average molecular weight is 319 g/mol. The maximum atomic E-state index is 11.6. The van der Waals surface area contributed by atoms with Gasteiger partial charge in [-0.15, -0.1) is 0 Å². The minimum atomic E-state index is -4.20. The molecular formula is C11H18N3O4PS. The molecule has 0 aromatic heterocycles. The first-order valence-corrected chi connectivity index (χ1v) is 10.4. The Morgan fingerprint density at radius 2 is 1.30 bits per heavy atom. The van der Waals surface area contributed by atoms with E-state index < -0.39 is 17.2 Å².